The molecule has 0 aromatic rings. The molecule has 3 nitrogen and oxygen atoms in total. The number of carbonyl (C=O) groups is 1. The summed E-state index contributed by atoms with van der Waals surface area (Å²) in [5.41, 5.74) is 0. The van der Waals surface area contributed by atoms with Crippen molar-refractivity contribution in [2.45, 2.75) is 38.9 Å². The van der Waals surface area contributed by atoms with Crippen molar-refractivity contribution in [2.24, 2.45) is 0 Å². The van der Waals surface area contributed by atoms with Crippen LogP contribution in [0.4, 0.5) is 13.2 Å². The Hall–Kier alpha value is -0.300. The van der Waals surface area contributed by atoms with Gasteiger partial charge in [0.1, 0.15) is 6.61 Å². The average molecular weight is 334 g/mol. The molecule has 7 heteroatoms. The van der Waals surface area contributed by atoms with Crippen LogP contribution >= 0.6 is 15.9 Å². The molecule has 18 heavy (non-hydrogen) atoms. The summed E-state index contributed by atoms with van der Waals surface area (Å²) < 4.78 is 39.8. The third-order valence-electron chi connectivity index (χ3n) is 2.20. The Morgan fingerprint density at radius 1 is 1.39 bits per heavy atom. The van der Waals surface area contributed by atoms with Gasteiger partial charge < -0.3 is 9.64 Å². The minimum absolute atomic E-state index is 0.0173. The monoisotopic (exact) mass is 333 g/mol. The van der Waals surface area contributed by atoms with Gasteiger partial charge in [-0.25, -0.2) is 0 Å². The molecule has 1 amide bonds. The van der Waals surface area contributed by atoms with Crippen LogP contribution in [0.2, 0.25) is 0 Å². The van der Waals surface area contributed by atoms with E-state index < -0.39 is 12.8 Å². The highest BCUT2D eigenvalue weighted by Gasteiger charge is 2.27. The second-order valence-corrected chi connectivity index (χ2v) is 4.93. The fraction of sp³-hybridized carbons (Fsp3) is 0.909. The van der Waals surface area contributed by atoms with Crippen molar-refractivity contribution in [3.05, 3.63) is 0 Å². The zero-order chi connectivity index (χ0) is 14.2. The summed E-state index contributed by atoms with van der Waals surface area (Å²) in [4.78, 5) is 13.4. The van der Waals surface area contributed by atoms with Crippen LogP contribution < -0.4 is 0 Å². The van der Waals surface area contributed by atoms with Gasteiger partial charge in [0, 0.05) is 17.9 Å². The summed E-state index contributed by atoms with van der Waals surface area (Å²) >= 11 is 3.27. The molecule has 0 aliphatic rings. The van der Waals surface area contributed by atoms with Crippen LogP contribution in [0.15, 0.2) is 0 Å². The van der Waals surface area contributed by atoms with Crippen molar-refractivity contribution in [1.29, 1.82) is 0 Å². The van der Waals surface area contributed by atoms with E-state index in [4.69, 9.17) is 0 Å². The van der Waals surface area contributed by atoms with Crippen LogP contribution in [-0.4, -0.2) is 48.1 Å². The topological polar surface area (TPSA) is 29.5 Å². The Morgan fingerprint density at radius 3 is 2.44 bits per heavy atom. The minimum atomic E-state index is -4.34. The molecule has 0 saturated carbocycles. The molecular formula is C11H19BrF3NO2. The maximum atomic E-state index is 11.8. The number of alkyl halides is 4. The van der Waals surface area contributed by atoms with E-state index in [1.54, 1.807) is 4.90 Å². The van der Waals surface area contributed by atoms with Gasteiger partial charge in [-0.3, -0.25) is 4.79 Å². The van der Waals surface area contributed by atoms with Crippen LogP contribution in [0.3, 0.4) is 0 Å². The molecule has 0 aromatic heterocycles. The van der Waals surface area contributed by atoms with Crippen molar-refractivity contribution in [2.75, 3.05) is 25.1 Å². The summed E-state index contributed by atoms with van der Waals surface area (Å²) in [6.45, 7) is 2.85. The molecule has 0 heterocycles. The zero-order valence-corrected chi connectivity index (χ0v) is 12.2. The first kappa shape index (κ1) is 17.7. The summed E-state index contributed by atoms with van der Waals surface area (Å²) in [6, 6.07) is 0.0409. The number of hydrogen-bond donors (Lipinski definition) is 0. The maximum absolute atomic E-state index is 11.8. The van der Waals surface area contributed by atoms with Crippen LogP contribution in [0.5, 0.6) is 0 Å². The second kappa shape index (κ2) is 8.74. The molecule has 0 spiro atoms. The smallest absolute Gasteiger partial charge is 0.372 e. The molecule has 0 aliphatic carbocycles. The molecule has 0 saturated heterocycles. The lowest BCUT2D eigenvalue weighted by Gasteiger charge is -2.26. The molecule has 0 unspecified atom stereocenters. The Morgan fingerprint density at radius 2 is 2.00 bits per heavy atom. The van der Waals surface area contributed by atoms with Gasteiger partial charge in [0.15, 0.2) is 0 Å². The van der Waals surface area contributed by atoms with Gasteiger partial charge in [-0.05, 0) is 20.3 Å². The second-order valence-electron chi connectivity index (χ2n) is 4.14. The predicted octanol–water partition coefficient (Wildman–Crippen LogP) is 2.98. The fourth-order valence-electron chi connectivity index (χ4n) is 1.39. The Labute approximate surface area is 114 Å². The number of nitrogens with zero attached hydrogens (tertiary/aromatic N) is 1. The van der Waals surface area contributed by atoms with Gasteiger partial charge >= 0.3 is 6.18 Å². The van der Waals surface area contributed by atoms with Gasteiger partial charge in [-0.1, -0.05) is 15.9 Å². The van der Waals surface area contributed by atoms with E-state index in [0.717, 1.165) is 11.8 Å². The first-order valence-corrected chi connectivity index (χ1v) is 6.90. The highest BCUT2D eigenvalue weighted by atomic mass is 79.9. The standard InChI is InChI=1S/C11H19BrF3NO2/c1-9(2)16(6-3-5-12)10(17)4-7-18-8-11(13,14)15/h9H,3-8H2,1-2H3. The number of halogens is 4. The van der Waals surface area contributed by atoms with Gasteiger partial charge in [0.2, 0.25) is 5.91 Å². The molecular weight excluding hydrogens is 315 g/mol. The van der Waals surface area contributed by atoms with E-state index >= 15 is 0 Å². The summed E-state index contributed by atoms with van der Waals surface area (Å²) in [6.07, 6.45) is -3.54. The third kappa shape index (κ3) is 8.74. The first-order valence-electron chi connectivity index (χ1n) is 5.78. The lowest BCUT2D eigenvalue weighted by atomic mass is 10.2. The molecule has 0 rings (SSSR count). The van der Waals surface area contributed by atoms with Crippen LogP contribution in [0.25, 0.3) is 0 Å². The molecule has 0 bridgehead atoms. The van der Waals surface area contributed by atoms with E-state index in [2.05, 4.69) is 20.7 Å². The van der Waals surface area contributed by atoms with Crippen molar-refractivity contribution >= 4 is 21.8 Å². The number of ether oxygens (including phenoxy) is 1. The van der Waals surface area contributed by atoms with Gasteiger partial charge in [-0.2, -0.15) is 13.2 Å². The third-order valence-corrected chi connectivity index (χ3v) is 2.76. The fourth-order valence-corrected chi connectivity index (χ4v) is 1.64. The number of rotatable bonds is 8. The molecule has 0 N–H and O–H groups in total. The highest BCUT2D eigenvalue weighted by molar-refractivity contribution is 9.09. The molecule has 0 atom stereocenters. The van der Waals surface area contributed by atoms with Crippen LogP contribution in [0, 0.1) is 0 Å². The van der Waals surface area contributed by atoms with Crippen molar-refractivity contribution in [3.63, 3.8) is 0 Å². The number of carbonyl (C=O) groups excluding carboxylic acids is 1. The van der Waals surface area contributed by atoms with E-state index in [-0.39, 0.29) is 25.0 Å². The predicted molar refractivity (Wildman–Crippen MR) is 66.8 cm³/mol. The maximum Gasteiger partial charge on any atom is 0.411 e. The number of amides is 1. The Balaban J connectivity index is 3.96. The zero-order valence-electron chi connectivity index (χ0n) is 10.6. The first-order chi connectivity index (χ1) is 8.28. The molecule has 0 aliphatic heterocycles. The largest absolute Gasteiger partial charge is 0.411 e. The average Bonchev–Trinajstić information content (AvgIpc) is 2.23. The lowest BCUT2D eigenvalue weighted by molar-refractivity contribution is -0.175. The molecule has 0 fully saturated rings. The van der Waals surface area contributed by atoms with Crippen molar-refractivity contribution < 1.29 is 22.7 Å². The molecule has 108 valence electrons. The molecule has 0 aromatic carbocycles. The van der Waals surface area contributed by atoms with Gasteiger partial charge in [0.05, 0.1) is 13.0 Å². The van der Waals surface area contributed by atoms with Gasteiger partial charge in [0.25, 0.3) is 0 Å². The van der Waals surface area contributed by atoms with E-state index in [1.807, 2.05) is 13.8 Å². The van der Waals surface area contributed by atoms with Crippen molar-refractivity contribution in [1.82, 2.24) is 4.90 Å². The van der Waals surface area contributed by atoms with E-state index in [1.165, 1.54) is 0 Å². The van der Waals surface area contributed by atoms with Crippen molar-refractivity contribution in [3.8, 4) is 0 Å². The highest BCUT2D eigenvalue weighted by Crippen LogP contribution is 2.14. The van der Waals surface area contributed by atoms with E-state index in [9.17, 15) is 18.0 Å². The van der Waals surface area contributed by atoms with Crippen LogP contribution in [-0.2, 0) is 9.53 Å². The molecule has 0 radical (unpaired) electrons. The summed E-state index contributed by atoms with van der Waals surface area (Å²) in [5, 5.41) is 0.786. The Bertz CT molecular complexity index is 247. The lowest BCUT2D eigenvalue weighted by Crippen LogP contribution is -2.38. The van der Waals surface area contributed by atoms with E-state index in [0.29, 0.717) is 6.54 Å². The number of hydrogen-bond acceptors (Lipinski definition) is 2. The minimum Gasteiger partial charge on any atom is -0.372 e. The van der Waals surface area contributed by atoms with Crippen LogP contribution in [0.1, 0.15) is 26.7 Å². The summed E-state index contributed by atoms with van der Waals surface area (Å²) in [5.74, 6) is -0.173. The SMILES string of the molecule is CC(C)N(CCCBr)C(=O)CCOCC(F)(F)F. The summed E-state index contributed by atoms with van der Waals surface area (Å²) in [7, 11) is 0. The normalized spacial score (nSPS) is 11.9. The quantitative estimate of drug-likeness (QED) is 0.505. The Kier molecular flexibility index (Phi) is 8.60. The van der Waals surface area contributed by atoms with Gasteiger partial charge in [-0.15, -0.1) is 0 Å².